The molecule has 0 unspecified atom stereocenters. The Morgan fingerprint density at radius 3 is 2.69 bits per heavy atom. The topological polar surface area (TPSA) is 102 Å². The molecule has 0 fully saturated rings. The van der Waals surface area contributed by atoms with Gasteiger partial charge in [0, 0.05) is 22.2 Å². The van der Waals surface area contributed by atoms with Crippen molar-refractivity contribution in [1.82, 2.24) is 25.1 Å². The van der Waals surface area contributed by atoms with Gasteiger partial charge in [-0.05, 0) is 35.0 Å². The van der Waals surface area contributed by atoms with E-state index in [1.807, 2.05) is 48.5 Å². The van der Waals surface area contributed by atoms with Gasteiger partial charge >= 0.3 is 0 Å². The molecule has 0 radical (unpaired) electrons. The standard InChI is InChI=1S/C25H19ClN6O2S2/c26-17-7-4-8-18(13-17)32-21(30-31-25(32)36-15-22(33)29-24-27-11-12-35-24)14-28-23(34)20-10-3-6-16-5-1-2-9-19(16)20/h1-13H,14-15H2,(H,28,34)(H,27,29,33). The maximum absolute atomic E-state index is 13.1. The van der Waals surface area contributed by atoms with Crippen molar-refractivity contribution in [2.24, 2.45) is 0 Å². The molecule has 36 heavy (non-hydrogen) atoms. The zero-order valence-corrected chi connectivity index (χ0v) is 21.1. The van der Waals surface area contributed by atoms with E-state index in [-0.39, 0.29) is 24.1 Å². The number of hydrogen-bond donors (Lipinski definition) is 2. The van der Waals surface area contributed by atoms with Crippen molar-refractivity contribution < 1.29 is 9.59 Å². The molecule has 2 heterocycles. The van der Waals surface area contributed by atoms with Gasteiger partial charge in [0.15, 0.2) is 16.1 Å². The van der Waals surface area contributed by atoms with Crippen molar-refractivity contribution in [3.8, 4) is 5.69 Å². The lowest BCUT2D eigenvalue weighted by Gasteiger charge is -2.12. The third-order valence-electron chi connectivity index (χ3n) is 5.22. The second-order valence-corrected chi connectivity index (χ2v) is 9.87. The highest BCUT2D eigenvalue weighted by Crippen LogP contribution is 2.25. The molecule has 0 aliphatic rings. The summed E-state index contributed by atoms with van der Waals surface area (Å²) in [6.45, 7) is 0.132. The predicted octanol–water partition coefficient (Wildman–Crippen LogP) is 5.19. The predicted molar refractivity (Wildman–Crippen MR) is 143 cm³/mol. The van der Waals surface area contributed by atoms with Crippen LogP contribution in [0.5, 0.6) is 0 Å². The number of thioether (sulfide) groups is 1. The summed E-state index contributed by atoms with van der Waals surface area (Å²) in [5, 5.41) is 19.5. The summed E-state index contributed by atoms with van der Waals surface area (Å²) in [5.41, 5.74) is 1.31. The third-order valence-corrected chi connectivity index (χ3v) is 7.07. The van der Waals surface area contributed by atoms with E-state index in [0.29, 0.717) is 26.7 Å². The monoisotopic (exact) mass is 534 g/mol. The minimum absolute atomic E-state index is 0.112. The molecule has 3 aromatic carbocycles. The zero-order chi connectivity index (χ0) is 24.9. The maximum Gasteiger partial charge on any atom is 0.252 e. The fourth-order valence-electron chi connectivity index (χ4n) is 3.63. The molecule has 2 amide bonds. The second-order valence-electron chi connectivity index (χ2n) is 7.60. The molecule has 0 aliphatic carbocycles. The van der Waals surface area contributed by atoms with Crippen LogP contribution in [0.3, 0.4) is 0 Å². The molecule has 0 spiro atoms. The first kappa shape index (κ1) is 24.0. The molecule has 2 N–H and O–H groups in total. The number of halogens is 1. The van der Waals surface area contributed by atoms with Crippen LogP contribution in [-0.4, -0.2) is 37.3 Å². The lowest BCUT2D eigenvalue weighted by molar-refractivity contribution is -0.113. The molecule has 0 saturated heterocycles. The Balaban J connectivity index is 1.36. The number of amides is 2. The summed E-state index contributed by atoms with van der Waals surface area (Å²) in [6.07, 6.45) is 1.63. The van der Waals surface area contributed by atoms with Gasteiger partial charge in [-0.25, -0.2) is 4.98 Å². The first-order valence-electron chi connectivity index (χ1n) is 10.9. The number of nitrogens with one attached hydrogen (secondary N) is 2. The van der Waals surface area contributed by atoms with Gasteiger partial charge in [0.1, 0.15) is 0 Å². The summed E-state index contributed by atoms with van der Waals surface area (Å²) in [6, 6.07) is 20.6. The van der Waals surface area contributed by atoms with Crippen LogP contribution in [0.15, 0.2) is 83.5 Å². The molecule has 11 heteroatoms. The smallest absolute Gasteiger partial charge is 0.252 e. The van der Waals surface area contributed by atoms with Gasteiger partial charge < -0.3 is 10.6 Å². The highest BCUT2D eigenvalue weighted by atomic mass is 35.5. The Labute approximate surface area is 219 Å². The first-order chi connectivity index (χ1) is 17.6. The maximum atomic E-state index is 13.1. The molecule has 2 aromatic heterocycles. The molecule has 0 saturated carbocycles. The summed E-state index contributed by atoms with van der Waals surface area (Å²) in [4.78, 5) is 29.5. The summed E-state index contributed by atoms with van der Waals surface area (Å²) >= 11 is 8.81. The SMILES string of the molecule is O=C(CSc1nnc(CNC(=O)c2cccc3ccccc23)n1-c1cccc(Cl)c1)Nc1nccs1. The Bertz CT molecular complexity index is 1530. The Hall–Kier alpha value is -3.73. The molecule has 0 aliphatic heterocycles. The number of aromatic nitrogens is 4. The molecule has 0 atom stereocenters. The van der Waals surface area contributed by atoms with Crippen LogP contribution < -0.4 is 10.6 Å². The van der Waals surface area contributed by atoms with Gasteiger partial charge in [-0.1, -0.05) is 65.8 Å². The number of nitrogens with zero attached hydrogens (tertiary/aromatic N) is 4. The minimum Gasteiger partial charge on any atom is -0.345 e. The fourth-order valence-corrected chi connectivity index (χ4v) is 5.13. The van der Waals surface area contributed by atoms with Crippen molar-refractivity contribution in [1.29, 1.82) is 0 Å². The van der Waals surface area contributed by atoms with E-state index in [1.54, 1.807) is 34.3 Å². The van der Waals surface area contributed by atoms with E-state index < -0.39 is 0 Å². The average Bonchev–Trinajstić information content (AvgIpc) is 3.55. The van der Waals surface area contributed by atoms with Crippen LogP contribution in [0.4, 0.5) is 5.13 Å². The largest absolute Gasteiger partial charge is 0.345 e. The third kappa shape index (κ3) is 5.40. The van der Waals surface area contributed by atoms with Crippen molar-refractivity contribution in [2.75, 3.05) is 11.1 Å². The molecule has 5 aromatic rings. The quantitative estimate of drug-likeness (QED) is 0.266. The number of fused-ring (bicyclic) bond motifs is 1. The van der Waals surface area contributed by atoms with Crippen molar-refractivity contribution in [2.45, 2.75) is 11.7 Å². The van der Waals surface area contributed by atoms with Gasteiger partial charge in [0.2, 0.25) is 5.91 Å². The highest BCUT2D eigenvalue weighted by Gasteiger charge is 2.18. The first-order valence-corrected chi connectivity index (χ1v) is 13.1. The van der Waals surface area contributed by atoms with Crippen molar-refractivity contribution in [3.63, 3.8) is 0 Å². The van der Waals surface area contributed by atoms with E-state index in [1.165, 1.54) is 23.1 Å². The molecule has 8 nitrogen and oxygen atoms in total. The summed E-state index contributed by atoms with van der Waals surface area (Å²) in [5.74, 6) is 0.195. The lowest BCUT2D eigenvalue weighted by Crippen LogP contribution is -2.25. The van der Waals surface area contributed by atoms with Crippen LogP contribution in [0.1, 0.15) is 16.2 Å². The number of carbonyl (C=O) groups is 2. The lowest BCUT2D eigenvalue weighted by atomic mass is 10.0. The summed E-state index contributed by atoms with van der Waals surface area (Å²) < 4.78 is 1.79. The second kappa shape index (κ2) is 10.9. The highest BCUT2D eigenvalue weighted by molar-refractivity contribution is 7.99. The number of benzene rings is 3. The van der Waals surface area contributed by atoms with Gasteiger partial charge in [-0.2, -0.15) is 0 Å². The van der Waals surface area contributed by atoms with E-state index >= 15 is 0 Å². The number of carbonyl (C=O) groups excluding carboxylic acids is 2. The van der Waals surface area contributed by atoms with Gasteiger partial charge in [0.05, 0.1) is 18.0 Å². The zero-order valence-electron chi connectivity index (χ0n) is 18.7. The van der Waals surface area contributed by atoms with Gasteiger partial charge in [0.25, 0.3) is 5.91 Å². The normalized spacial score (nSPS) is 10.9. The molecule has 0 bridgehead atoms. The number of rotatable bonds is 8. The Morgan fingerprint density at radius 2 is 1.86 bits per heavy atom. The molecule has 5 rings (SSSR count). The van der Waals surface area contributed by atoms with E-state index in [4.69, 9.17) is 11.6 Å². The van der Waals surface area contributed by atoms with Crippen LogP contribution >= 0.6 is 34.7 Å². The molecular weight excluding hydrogens is 516 g/mol. The number of hydrogen-bond acceptors (Lipinski definition) is 7. The van der Waals surface area contributed by atoms with Crippen molar-refractivity contribution in [3.05, 3.63) is 94.7 Å². The van der Waals surface area contributed by atoms with Crippen LogP contribution in [-0.2, 0) is 11.3 Å². The number of anilines is 1. The Morgan fingerprint density at radius 1 is 1.03 bits per heavy atom. The summed E-state index contributed by atoms with van der Waals surface area (Å²) in [7, 11) is 0. The van der Waals surface area contributed by atoms with Crippen LogP contribution in [0, 0.1) is 0 Å². The Kier molecular flexibility index (Phi) is 7.26. The van der Waals surface area contributed by atoms with E-state index in [9.17, 15) is 9.59 Å². The van der Waals surface area contributed by atoms with Gasteiger partial charge in [-0.3, -0.25) is 14.2 Å². The van der Waals surface area contributed by atoms with Crippen LogP contribution in [0.2, 0.25) is 5.02 Å². The fraction of sp³-hybridized carbons (Fsp3) is 0.0800. The molecule has 180 valence electrons. The van der Waals surface area contributed by atoms with Crippen molar-refractivity contribution >= 4 is 62.4 Å². The van der Waals surface area contributed by atoms with E-state index in [0.717, 1.165) is 16.5 Å². The number of thiazole rings is 1. The van der Waals surface area contributed by atoms with Gasteiger partial charge in [-0.15, -0.1) is 21.5 Å². The average molecular weight is 535 g/mol. The van der Waals surface area contributed by atoms with Crippen LogP contribution in [0.25, 0.3) is 16.5 Å². The molecular formula is C25H19ClN6O2S2. The van der Waals surface area contributed by atoms with E-state index in [2.05, 4.69) is 25.8 Å². The minimum atomic E-state index is -0.218.